The Kier molecular flexibility index (Phi) is 5.30. The third-order valence-electron chi connectivity index (χ3n) is 3.27. The van der Waals surface area contributed by atoms with Gasteiger partial charge in [0.05, 0.1) is 7.11 Å². The summed E-state index contributed by atoms with van der Waals surface area (Å²) < 4.78 is 11.4. The number of hydrogen-bond acceptors (Lipinski definition) is 5. The molecule has 2 N–H and O–H groups in total. The highest BCUT2D eigenvalue weighted by Crippen LogP contribution is 2.20. The molecule has 0 radical (unpaired) electrons. The molecule has 0 saturated carbocycles. The summed E-state index contributed by atoms with van der Waals surface area (Å²) in [5, 5.41) is 9.35. The van der Waals surface area contributed by atoms with Gasteiger partial charge in [0.2, 0.25) is 5.95 Å². The fraction of sp³-hybridized carbons (Fsp3) is 0.118. The third kappa shape index (κ3) is 4.57. The highest BCUT2D eigenvalue weighted by Gasteiger charge is 2.10. The fourth-order valence-electron chi connectivity index (χ4n) is 2.06. The van der Waals surface area contributed by atoms with Crippen molar-refractivity contribution in [3.05, 3.63) is 53.0 Å². The molecule has 0 spiro atoms. The van der Waals surface area contributed by atoms with E-state index >= 15 is 0 Å². The zero-order valence-electron chi connectivity index (χ0n) is 13.3. The number of carbonyl (C=O) groups excluding carboxylic acids is 1. The summed E-state index contributed by atoms with van der Waals surface area (Å²) in [6.45, 7) is -0.136. The van der Waals surface area contributed by atoms with Gasteiger partial charge in [-0.15, -0.1) is 5.10 Å². The van der Waals surface area contributed by atoms with Gasteiger partial charge < -0.3 is 9.47 Å². The average Bonchev–Trinajstić information content (AvgIpc) is 3.08. The van der Waals surface area contributed by atoms with E-state index in [1.165, 1.54) is 0 Å². The minimum atomic E-state index is -0.347. The normalized spacial score (nSPS) is 10.3. The van der Waals surface area contributed by atoms with E-state index < -0.39 is 0 Å². The van der Waals surface area contributed by atoms with E-state index in [0.717, 1.165) is 15.8 Å². The number of carbonyl (C=O) groups is 1. The van der Waals surface area contributed by atoms with Crippen LogP contribution >= 0.6 is 15.9 Å². The van der Waals surface area contributed by atoms with E-state index in [1.807, 2.05) is 36.4 Å². The van der Waals surface area contributed by atoms with Gasteiger partial charge in [0.1, 0.15) is 11.5 Å². The van der Waals surface area contributed by atoms with Crippen LogP contribution in [0.15, 0.2) is 53.0 Å². The highest BCUT2D eigenvalue weighted by molar-refractivity contribution is 9.10. The van der Waals surface area contributed by atoms with Crippen LogP contribution in [0.3, 0.4) is 0 Å². The van der Waals surface area contributed by atoms with Crippen molar-refractivity contribution in [2.24, 2.45) is 0 Å². The Hall–Kier alpha value is -2.87. The van der Waals surface area contributed by atoms with E-state index in [4.69, 9.17) is 9.47 Å². The second-order valence-corrected chi connectivity index (χ2v) is 5.95. The lowest BCUT2D eigenvalue weighted by atomic mass is 10.2. The molecule has 0 aliphatic heterocycles. The Morgan fingerprint density at radius 1 is 1.20 bits per heavy atom. The van der Waals surface area contributed by atoms with Crippen LogP contribution in [-0.2, 0) is 4.79 Å². The molecule has 0 aliphatic carbocycles. The number of nitrogens with one attached hydrogen (secondary N) is 2. The first kappa shape index (κ1) is 17.0. The molecule has 7 nitrogen and oxygen atoms in total. The number of ether oxygens (including phenoxy) is 2. The molecule has 0 bridgehead atoms. The number of methoxy groups -OCH3 is 1. The Bertz CT molecular complexity index is 864. The number of anilines is 1. The standard InChI is InChI=1S/C17H15BrN4O3/c1-24-13-7-5-11(6-8-13)16-20-17(22-21-16)19-15(23)10-25-14-4-2-3-12(18)9-14/h2-9H,10H2,1H3,(H2,19,20,21,22,23). The Morgan fingerprint density at radius 3 is 2.72 bits per heavy atom. The largest absolute Gasteiger partial charge is 0.497 e. The van der Waals surface area contributed by atoms with Gasteiger partial charge in [-0.3, -0.25) is 15.2 Å². The fourth-order valence-corrected chi connectivity index (χ4v) is 2.44. The maximum absolute atomic E-state index is 11.9. The van der Waals surface area contributed by atoms with Crippen molar-refractivity contribution in [1.29, 1.82) is 0 Å². The Balaban J connectivity index is 1.57. The number of H-pyrrole nitrogens is 1. The summed E-state index contributed by atoms with van der Waals surface area (Å²) >= 11 is 3.34. The van der Waals surface area contributed by atoms with Gasteiger partial charge in [-0.1, -0.05) is 22.0 Å². The first-order valence-electron chi connectivity index (χ1n) is 7.39. The lowest BCUT2D eigenvalue weighted by Crippen LogP contribution is -2.20. The number of amides is 1. The average molecular weight is 403 g/mol. The number of halogens is 1. The molecular formula is C17H15BrN4O3. The quantitative estimate of drug-likeness (QED) is 0.660. The lowest BCUT2D eigenvalue weighted by Gasteiger charge is -2.05. The summed E-state index contributed by atoms with van der Waals surface area (Å²) in [5.74, 6) is 1.74. The van der Waals surface area contributed by atoms with E-state index in [2.05, 4.69) is 36.4 Å². The third-order valence-corrected chi connectivity index (χ3v) is 3.76. The number of hydrogen-bond donors (Lipinski definition) is 2. The monoisotopic (exact) mass is 402 g/mol. The van der Waals surface area contributed by atoms with Crippen LogP contribution in [0.5, 0.6) is 11.5 Å². The Morgan fingerprint density at radius 2 is 2.00 bits per heavy atom. The van der Waals surface area contributed by atoms with E-state index in [9.17, 15) is 4.79 Å². The molecule has 0 aliphatic rings. The first-order valence-corrected chi connectivity index (χ1v) is 8.18. The molecule has 0 atom stereocenters. The summed E-state index contributed by atoms with van der Waals surface area (Å²) in [4.78, 5) is 16.2. The van der Waals surface area contributed by atoms with Gasteiger partial charge in [-0.05, 0) is 42.5 Å². The SMILES string of the molecule is COc1ccc(-c2nc(NC(=O)COc3cccc(Br)c3)n[nH]2)cc1. The maximum atomic E-state index is 11.9. The van der Waals surface area contributed by atoms with Crippen molar-refractivity contribution in [1.82, 2.24) is 15.2 Å². The molecule has 8 heteroatoms. The van der Waals surface area contributed by atoms with Crippen molar-refractivity contribution in [3.8, 4) is 22.9 Å². The topological polar surface area (TPSA) is 89.1 Å². The molecule has 0 fully saturated rings. The number of nitrogens with zero attached hydrogens (tertiary/aromatic N) is 2. The second-order valence-electron chi connectivity index (χ2n) is 5.03. The molecule has 1 heterocycles. The van der Waals surface area contributed by atoms with Crippen LogP contribution in [0.1, 0.15) is 0 Å². The molecule has 128 valence electrons. The number of aromatic amines is 1. The highest BCUT2D eigenvalue weighted by atomic mass is 79.9. The molecule has 3 aromatic rings. The minimum absolute atomic E-state index is 0.136. The summed E-state index contributed by atoms with van der Waals surface area (Å²) in [6.07, 6.45) is 0. The van der Waals surface area contributed by atoms with Crippen LogP contribution < -0.4 is 14.8 Å². The summed E-state index contributed by atoms with van der Waals surface area (Å²) in [6, 6.07) is 14.6. The zero-order valence-corrected chi connectivity index (χ0v) is 14.9. The van der Waals surface area contributed by atoms with Crippen molar-refractivity contribution >= 4 is 27.8 Å². The molecule has 25 heavy (non-hydrogen) atoms. The van der Waals surface area contributed by atoms with Crippen LogP contribution in [-0.4, -0.2) is 34.8 Å². The molecule has 2 aromatic carbocycles. The lowest BCUT2D eigenvalue weighted by molar-refractivity contribution is -0.118. The van der Waals surface area contributed by atoms with Crippen LogP contribution in [0.2, 0.25) is 0 Å². The molecule has 1 aromatic heterocycles. The number of aromatic nitrogens is 3. The van der Waals surface area contributed by atoms with Crippen molar-refractivity contribution < 1.29 is 14.3 Å². The van der Waals surface area contributed by atoms with Gasteiger partial charge in [0.25, 0.3) is 5.91 Å². The van der Waals surface area contributed by atoms with Crippen LogP contribution in [0, 0.1) is 0 Å². The van der Waals surface area contributed by atoms with E-state index in [-0.39, 0.29) is 18.5 Å². The Labute approximate surface area is 152 Å². The molecule has 0 unspecified atom stereocenters. The van der Waals surface area contributed by atoms with Gasteiger partial charge in [-0.25, -0.2) is 0 Å². The molecule has 3 rings (SSSR count). The summed E-state index contributed by atoms with van der Waals surface area (Å²) in [7, 11) is 1.60. The van der Waals surface area contributed by atoms with Crippen molar-refractivity contribution in [3.63, 3.8) is 0 Å². The molecule has 1 amide bonds. The van der Waals surface area contributed by atoms with E-state index in [1.54, 1.807) is 19.2 Å². The number of rotatable bonds is 6. The maximum Gasteiger partial charge on any atom is 0.264 e. The van der Waals surface area contributed by atoms with Gasteiger partial charge in [0.15, 0.2) is 12.4 Å². The number of benzene rings is 2. The molecule has 0 saturated heterocycles. The predicted molar refractivity (Wildman–Crippen MR) is 96.6 cm³/mol. The van der Waals surface area contributed by atoms with E-state index in [0.29, 0.717) is 11.6 Å². The van der Waals surface area contributed by atoms with Crippen molar-refractivity contribution in [2.75, 3.05) is 19.0 Å². The summed E-state index contributed by atoms with van der Waals surface area (Å²) in [5.41, 5.74) is 0.833. The van der Waals surface area contributed by atoms with Crippen molar-refractivity contribution in [2.45, 2.75) is 0 Å². The minimum Gasteiger partial charge on any atom is -0.497 e. The van der Waals surface area contributed by atoms with Gasteiger partial charge in [0, 0.05) is 10.0 Å². The van der Waals surface area contributed by atoms with Crippen LogP contribution in [0.25, 0.3) is 11.4 Å². The smallest absolute Gasteiger partial charge is 0.264 e. The predicted octanol–water partition coefficient (Wildman–Crippen LogP) is 3.26. The first-order chi connectivity index (χ1) is 12.1. The zero-order chi connectivity index (χ0) is 17.6. The van der Waals surface area contributed by atoms with Crippen LogP contribution in [0.4, 0.5) is 5.95 Å². The van der Waals surface area contributed by atoms with Gasteiger partial charge in [-0.2, -0.15) is 4.98 Å². The van der Waals surface area contributed by atoms with Gasteiger partial charge >= 0.3 is 0 Å². The second kappa shape index (κ2) is 7.80. The molecular weight excluding hydrogens is 388 g/mol.